The maximum absolute atomic E-state index is 13.0. The van der Waals surface area contributed by atoms with Crippen molar-refractivity contribution in [3.63, 3.8) is 0 Å². The topological polar surface area (TPSA) is 70.2 Å². The number of carbonyl (C=O) groups excluding carboxylic acids is 1. The third kappa shape index (κ3) is 4.94. The number of ether oxygens (including phenoxy) is 2. The molecule has 1 N–H and O–H groups in total. The van der Waals surface area contributed by atoms with Gasteiger partial charge in [0.2, 0.25) is 0 Å². The molecule has 1 aliphatic carbocycles. The van der Waals surface area contributed by atoms with E-state index in [1.165, 1.54) is 24.9 Å². The van der Waals surface area contributed by atoms with Crippen molar-refractivity contribution in [1.82, 2.24) is 10.4 Å². The van der Waals surface area contributed by atoms with Crippen LogP contribution >= 0.6 is 0 Å². The molecule has 3 aromatic rings. The molecule has 3 heterocycles. The molecular formula is C31H37N5O3. The Kier molecular flexibility index (Phi) is 7.14. The molecule has 204 valence electrons. The van der Waals surface area contributed by atoms with Gasteiger partial charge in [-0.3, -0.25) is 5.01 Å². The average Bonchev–Trinajstić information content (AvgIpc) is 3.31. The minimum atomic E-state index is -0.401. The Hall–Kier alpha value is -3.62. The minimum absolute atomic E-state index is 0.125. The summed E-state index contributed by atoms with van der Waals surface area (Å²) in [6.45, 7) is 5.42. The summed E-state index contributed by atoms with van der Waals surface area (Å²) >= 11 is 0. The van der Waals surface area contributed by atoms with Crippen LogP contribution in [-0.4, -0.2) is 58.0 Å². The minimum Gasteiger partial charge on any atom is -0.461 e. The van der Waals surface area contributed by atoms with E-state index in [2.05, 4.69) is 68.8 Å². The number of pyridine rings is 1. The number of benzene rings is 2. The SMILES string of the molecule is CCOC(=O)c1cc(-c2ccc(N3CCOCC3)cc2)c2c(n1)N(c1ccc(N(C)C)cc1)NC2C1CCC1. The lowest BCUT2D eigenvalue weighted by Gasteiger charge is -2.33. The zero-order valence-corrected chi connectivity index (χ0v) is 23.0. The molecule has 39 heavy (non-hydrogen) atoms. The number of hydrogen-bond donors (Lipinski definition) is 1. The number of hydrogen-bond acceptors (Lipinski definition) is 8. The normalized spacial score (nSPS) is 19.0. The van der Waals surface area contributed by atoms with Crippen LogP contribution in [0.25, 0.3) is 11.1 Å². The monoisotopic (exact) mass is 527 g/mol. The van der Waals surface area contributed by atoms with Crippen LogP contribution in [0.5, 0.6) is 0 Å². The Balaban J connectivity index is 1.45. The van der Waals surface area contributed by atoms with Gasteiger partial charge in [0, 0.05) is 44.1 Å². The molecule has 0 radical (unpaired) electrons. The number of carbonyl (C=O) groups is 1. The average molecular weight is 528 g/mol. The second kappa shape index (κ2) is 10.9. The number of morpholine rings is 1. The van der Waals surface area contributed by atoms with Crippen molar-refractivity contribution >= 4 is 28.8 Å². The van der Waals surface area contributed by atoms with Crippen LogP contribution in [0.4, 0.5) is 22.9 Å². The molecule has 1 unspecified atom stereocenters. The predicted octanol–water partition coefficient (Wildman–Crippen LogP) is 5.33. The maximum atomic E-state index is 13.0. The second-order valence-corrected chi connectivity index (χ2v) is 10.7. The summed E-state index contributed by atoms with van der Waals surface area (Å²) in [6, 6.07) is 19.2. The predicted molar refractivity (Wildman–Crippen MR) is 155 cm³/mol. The van der Waals surface area contributed by atoms with Gasteiger partial charge in [0.1, 0.15) is 0 Å². The molecule has 0 spiro atoms. The first-order valence-corrected chi connectivity index (χ1v) is 14.0. The first kappa shape index (κ1) is 25.6. The van der Waals surface area contributed by atoms with E-state index in [1.54, 1.807) is 0 Å². The van der Waals surface area contributed by atoms with Crippen LogP contribution < -0.4 is 20.2 Å². The molecule has 0 bridgehead atoms. The Labute approximate surface area is 230 Å². The van der Waals surface area contributed by atoms with E-state index < -0.39 is 5.97 Å². The van der Waals surface area contributed by atoms with Crippen molar-refractivity contribution in [2.75, 3.05) is 61.8 Å². The fourth-order valence-corrected chi connectivity index (χ4v) is 5.72. The molecule has 0 amide bonds. The van der Waals surface area contributed by atoms with Gasteiger partial charge in [-0.1, -0.05) is 18.6 Å². The zero-order valence-electron chi connectivity index (χ0n) is 23.0. The number of rotatable bonds is 7. The summed E-state index contributed by atoms with van der Waals surface area (Å²) in [5.74, 6) is 0.903. The van der Waals surface area contributed by atoms with E-state index in [9.17, 15) is 4.79 Å². The molecule has 6 rings (SSSR count). The van der Waals surface area contributed by atoms with Crippen molar-refractivity contribution in [2.24, 2.45) is 5.92 Å². The van der Waals surface area contributed by atoms with Crippen LogP contribution in [0.15, 0.2) is 54.6 Å². The first-order chi connectivity index (χ1) is 19.0. The van der Waals surface area contributed by atoms with E-state index in [-0.39, 0.29) is 6.04 Å². The summed E-state index contributed by atoms with van der Waals surface area (Å²) in [6.07, 6.45) is 3.60. The van der Waals surface area contributed by atoms with E-state index in [0.717, 1.165) is 60.2 Å². The summed E-state index contributed by atoms with van der Waals surface area (Å²) in [7, 11) is 4.07. The molecule has 2 fully saturated rings. The summed E-state index contributed by atoms with van der Waals surface area (Å²) in [5.41, 5.74) is 10.7. The van der Waals surface area contributed by atoms with E-state index in [0.29, 0.717) is 18.2 Å². The fourth-order valence-electron chi connectivity index (χ4n) is 5.72. The number of hydrazine groups is 1. The largest absolute Gasteiger partial charge is 0.461 e. The highest BCUT2D eigenvalue weighted by atomic mass is 16.5. The van der Waals surface area contributed by atoms with Crippen LogP contribution in [0.1, 0.15) is 48.3 Å². The number of esters is 1. The summed E-state index contributed by atoms with van der Waals surface area (Å²) < 4.78 is 10.9. The lowest BCUT2D eigenvalue weighted by molar-refractivity contribution is 0.0519. The third-order valence-electron chi connectivity index (χ3n) is 8.11. The lowest BCUT2D eigenvalue weighted by atomic mass is 9.76. The Bertz CT molecular complexity index is 1320. The molecule has 3 aliphatic rings. The van der Waals surface area contributed by atoms with Crippen molar-refractivity contribution in [3.8, 4) is 11.1 Å². The van der Waals surface area contributed by atoms with E-state index in [1.807, 2.05) is 27.1 Å². The number of fused-ring (bicyclic) bond motifs is 1. The van der Waals surface area contributed by atoms with Crippen LogP contribution in [0, 0.1) is 5.92 Å². The zero-order chi connectivity index (χ0) is 26.9. The quantitative estimate of drug-likeness (QED) is 0.414. The Morgan fingerprint density at radius 2 is 1.74 bits per heavy atom. The van der Waals surface area contributed by atoms with Gasteiger partial charge in [-0.2, -0.15) is 0 Å². The number of nitrogens with zero attached hydrogens (tertiary/aromatic N) is 4. The molecule has 1 saturated carbocycles. The van der Waals surface area contributed by atoms with Gasteiger partial charge in [0.25, 0.3) is 0 Å². The highest BCUT2D eigenvalue weighted by Gasteiger charge is 2.41. The highest BCUT2D eigenvalue weighted by Crippen LogP contribution is 2.49. The van der Waals surface area contributed by atoms with Crippen LogP contribution in [0.3, 0.4) is 0 Å². The number of nitrogens with one attached hydrogen (secondary N) is 1. The maximum Gasteiger partial charge on any atom is 0.357 e. The van der Waals surface area contributed by atoms with E-state index >= 15 is 0 Å². The van der Waals surface area contributed by atoms with Gasteiger partial charge >= 0.3 is 5.97 Å². The third-order valence-corrected chi connectivity index (χ3v) is 8.11. The van der Waals surface area contributed by atoms with Crippen molar-refractivity contribution in [3.05, 3.63) is 65.9 Å². The molecule has 2 aromatic carbocycles. The smallest absolute Gasteiger partial charge is 0.357 e. The summed E-state index contributed by atoms with van der Waals surface area (Å²) in [5, 5.41) is 2.06. The molecule has 1 aromatic heterocycles. The van der Waals surface area contributed by atoms with Gasteiger partial charge in [0.05, 0.1) is 31.5 Å². The fraction of sp³-hybridized carbons (Fsp3) is 0.419. The van der Waals surface area contributed by atoms with Gasteiger partial charge in [-0.15, -0.1) is 0 Å². The van der Waals surface area contributed by atoms with Crippen molar-refractivity contribution in [1.29, 1.82) is 0 Å². The van der Waals surface area contributed by atoms with Crippen LogP contribution in [0.2, 0.25) is 0 Å². The first-order valence-electron chi connectivity index (χ1n) is 14.0. The molecule has 8 nitrogen and oxygen atoms in total. The van der Waals surface area contributed by atoms with Gasteiger partial charge in [-0.05, 0) is 79.3 Å². The molecule has 1 saturated heterocycles. The second-order valence-electron chi connectivity index (χ2n) is 10.7. The lowest BCUT2D eigenvalue weighted by Crippen LogP contribution is -2.36. The van der Waals surface area contributed by atoms with Crippen LogP contribution in [-0.2, 0) is 9.47 Å². The molecular weight excluding hydrogens is 490 g/mol. The highest BCUT2D eigenvalue weighted by molar-refractivity contribution is 5.92. The Morgan fingerprint density at radius 1 is 1.05 bits per heavy atom. The van der Waals surface area contributed by atoms with Gasteiger partial charge in [-0.25, -0.2) is 15.2 Å². The Morgan fingerprint density at radius 3 is 2.36 bits per heavy atom. The van der Waals surface area contributed by atoms with Crippen molar-refractivity contribution < 1.29 is 14.3 Å². The summed E-state index contributed by atoms with van der Waals surface area (Å²) in [4.78, 5) is 22.3. The molecule has 1 atom stereocenters. The standard InChI is InChI=1S/C31H37N5O3/c1-4-39-31(37)27-20-26(21-8-10-24(11-9-21)35-16-18-38-19-17-35)28-29(22-6-5-7-22)33-36(30(28)32-27)25-14-12-23(13-15-25)34(2)3/h8-15,20,22,29,33H,4-7,16-19H2,1-3H3. The number of anilines is 4. The van der Waals surface area contributed by atoms with Gasteiger partial charge < -0.3 is 19.3 Å². The molecule has 8 heteroatoms. The molecule has 2 aliphatic heterocycles. The number of aromatic nitrogens is 1. The van der Waals surface area contributed by atoms with Crippen molar-refractivity contribution in [2.45, 2.75) is 32.2 Å². The van der Waals surface area contributed by atoms with Gasteiger partial charge in [0.15, 0.2) is 11.5 Å². The van der Waals surface area contributed by atoms with E-state index in [4.69, 9.17) is 14.5 Å².